The Morgan fingerprint density at radius 3 is 2.42 bits per heavy atom. The van der Waals surface area contributed by atoms with Crippen LogP contribution in [0.5, 0.6) is 0 Å². The van der Waals surface area contributed by atoms with Gasteiger partial charge in [-0.3, -0.25) is 0 Å². The first-order valence-corrected chi connectivity index (χ1v) is 4.45. The first-order chi connectivity index (χ1) is 5.50. The summed E-state index contributed by atoms with van der Waals surface area (Å²) in [6, 6.07) is 0. The van der Waals surface area contributed by atoms with E-state index >= 15 is 0 Å². The second-order valence-corrected chi connectivity index (χ2v) is 4.33. The van der Waals surface area contributed by atoms with Crippen molar-refractivity contribution in [2.45, 2.75) is 33.6 Å². The molecular formula is C10H16O2. The van der Waals surface area contributed by atoms with E-state index in [0.29, 0.717) is 12.3 Å². The highest BCUT2D eigenvalue weighted by atomic mass is 16.1. The molecule has 0 aromatic heterocycles. The van der Waals surface area contributed by atoms with Crippen LogP contribution in [-0.4, -0.2) is 12.1 Å². The Balaban J connectivity index is 2.37. The van der Waals surface area contributed by atoms with Gasteiger partial charge in [-0.2, -0.15) is 0 Å². The molecule has 0 aliphatic heterocycles. The average Bonchev–Trinajstić information content (AvgIpc) is 2.48. The van der Waals surface area contributed by atoms with Gasteiger partial charge in [0.1, 0.15) is 12.1 Å². The molecule has 1 aliphatic rings. The zero-order valence-corrected chi connectivity index (χ0v) is 7.96. The molecule has 0 saturated heterocycles. The van der Waals surface area contributed by atoms with Crippen LogP contribution < -0.4 is 0 Å². The zero-order valence-electron chi connectivity index (χ0n) is 7.96. The largest absolute Gasteiger partial charge is 0.303 e. The first-order valence-electron chi connectivity index (χ1n) is 4.45. The number of ketones is 1. The predicted molar refractivity (Wildman–Crippen MR) is 46.7 cm³/mol. The van der Waals surface area contributed by atoms with E-state index in [-0.39, 0.29) is 17.1 Å². The summed E-state index contributed by atoms with van der Waals surface area (Å²) >= 11 is 0. The van der Waals surface area contributed by atoms with Crippen LogP contribution in [-0.2, 0) is 9.59 Å². The molecule has 12 heavy (non-hydrogen) atoms. The number of hydrogen-bond donors (Lipinski definition) is 0. The van der Waals surface area contributed by atoms with Gasteiger partial charge in [0.15, 0.2) is 0 Å². The number of carbonyl (C=O) groups is 2. The fourth-order valence-electron chi connectivity index (χ4n) is 1.97. The van der Waals surface area contributed by atoms with Gasteiger partial charge in [0.25, 0.3) is 0 Å². The molecule has 2 unspecified atom stereocenters. The molecule has 2 atom stereocenters. The normalized spacial score (nSPS) is 31.2. The molecule has 0 aromatic carbocycles. The molecular weight excluding hydrogens is 152 g/mol. The molecule has 1 rings (SSSR count). The minimum Gasteiger partial charge on any atom is -0.303 e. The maximum atomic E-state index is 10.7. The number of carbonyl (C=O) groups excluding carboxylic acids is 2. The van der Waals surface area contributed by atoms with E-state index in [1.165, 1.54) is 0 Å². The monoisotopic (exact) mass is 168 g/mol. The summed E-state index contributed by atoms with van der Waals surface area (Å²) < 4.78 is 0. The highest BCUT2D eigenvalue weighted by Gasteiger charge is 2.56. The Morgan fingerprint density at radius 1 is 1.50 bits per heavy atom. The van der Waals surface area contributed by atoms with Crippen LogP contribution in [0.3, 0.4) is 0 Å². The molecule has 2 heteroatoms. The Hall–Kier alpha value is -0.660. The Bertz CT molecular complexity index is 206. The minimum absolute atomic E-state index is 0.150. The third-order valence-electron chi connectivity index (χ3n) is 3.09. The minimum atomic E-state index is 0.150. The van der Waals surface area contributed by atoms with Gasteiger partial charge in [-0.15, -0.1) is 0 Å². The van der Waals surface area contributed by atoms with Crippen LogP contribution in [0.15, 0.2) is 0 Å². The van der Waals surface area contributed by atoms with Crippen molar-refractivity contribution in [2.24, 2.45) is 17.3 Å². The maximum absolute atomic E-state index is 10.7. The van der Waals surface area contributed by atoms with Gasteiger partial charge in [-0.1, -0.05) is 13.8 Å². The van der Waals surface area contributed by atoms with E-state index in [4.69, 9.17) is 0 Å². The smallest absolute Gasteiger partial charge is 0.129 e. The Labute approximate surface area is 73.3 Å². The van der Waals surface area contributed by atoms with Crippen LogP contribution in [0.25, 0.3) is 0 Å². The molecule has 1 saturated carbocycles. The van der Waals surface area contributed by atoms with Crippen molar-refractivity contribution in [3.05, 3.63) is 0 Å². The summed E-state index contributed by atoms with van der Waals surface area (Å²) in [5.41, 5.74) is 0.150. The summed E-state index contributed by atoms with van der Waals surface area (Å²) in [6.07, 6.45) is 2.54. The van der Waals surface area contributed by atoms with E-state index < -0.39 is 0 Å². The van der Waals surface area contributed by atoms with E-state index in [2.05, 4.69) is 13.8 Å². The number of aldehydes is 1. The van der Waals surface area contributed by atoms with E-state index in [9.17, 15) is 9.59 Å². The van der Waals surface area contributed by atoms with Gasteiger partial charge in [0.2, 0.25) is 0 Å². The number of Topliss-reactive ketones (excluding diaryl/α,β-unsaturated/α-hetero) is 1. The number of rotatable bonds is 4. The van der Waals surface area contributed by atoms with E-state index in [1.54, 1.807) is 6.92 Å². The molecule has 0 N–H and O–H groups in total. The summed E-state index contributed by atoms with van der Waals surface area (Å²) in [6.45, 7) is 5.79. The first kappa shape index (κ1) is 9.43. The molecule has 2 nitrogen and oxygen atoms in total. The SMILES string of the molecule is CC(=O)CCC1C(C=O)C1(C)C. The summed E-state index contributed by atoms with van der Waals surface area (Å²) in [7, 11) is 0. The van der Waals surface area contributed by atoms with Crippen LogP contribution in [0, 0.1) is 17.3 Å². The van der Waals surface area contributed by atoms with Crippen LogP contribution in [0.1, 0.15) is 33.6 Å². The third-order valence-corrected chi connectivity index (χ3v) is 3.09. The van der Waals surface area contributed by atoms with Crippen LogP contribution in [0.4, 0.5) is 0 Å². The second-order valence-electron chi connectivity index (χ2n) is 4.33. The van der Waals surface area contributed by atoms with E-state index in [1.807, 2.05) is 0 Å². The second kappa shape index (κ2) is 3.00. The van der Waals surface area contributed by atoms with E-state index in [0.717, 1.165) is 12.7 Å². The molecule has 1 aliphatic carbocycles. The molecule has 0 amide bonds. The van der Waals surface area contributed by atoms with Crippen LogP contribution >= 0.6 is 0 Å². The Kier molecular flexibility index (Phi) is 2.36. The zero-order chi connectivity index (χ0) is 9.35. The highest BCUT2D eigenvalue weighted by molar-refractivity contribution is 5.75. The molecule has 0 spiro atoms. The summed E-state index contributed by atoms with van der Waals surface area (Å²) in [5.74, 6) is 0.859. The summed E-state index contributed by atoms with van der Waals surface area (Å²) in [5, 5.41) is 0. The predicted octanol–water partition coefficient (Wildman–Crippen LogP) is 1.83. The van der Waals surface area contributed by atoms with Gasteiger partial charge in [0.05, 0.1) is 0 Å². The lowest BCUT2D eigenvalue weighted by Gasteiger charge is -1.99. The van der Waals surface area contributed by atoms with Gasteiger partial charge in [0, 0.05) is 12.3 Å². The van der Waals surface area contributed by atoms with Crippen molar-refractivity contribution in [3.8, 4) is 0 Å². The van der Waals surface area contributed by atoms with Crippen molar-refractivity contribution in [3.63, 3.8) is 0 Å². The molecule has 0 aromatic rings. The molecule has 0 radical (unpaired) electrons. The lowest BCUT2D eigenvalue weighted by atomic mass is 10.1. The lowest BCUT2D eigenvalue weighted by Crippen LogP contribution is -1.94. The fraction of sp³-hybridized carbons (Fsp3) is 0.800. The molecule has 0 bridgehead atoms. The third kappa shape index (κ3) is 1.57. The molecule has 1 fully saturated rings. The Morgan fingerprint density at radius 2 is 2.08 bits per heavy atom. The van der Waals surface area contributed by atoms with Crippen molar-refractivity contribution < 1.29 is 9.59 Å². The molecule has 68 valence electrons. The quantitative estimate of drug-likeness (QED) is 0.600. The van der Waals surface area contributed by atoms with Crippen LogP contribution in [0.2, 0.25) is 0 Å². The van der Waals surface area contributed by atoms with Gasteiger partial charge in [-0.05, 0) is 24.7 Å². The van der Waals surface area contributed by atoms with Crippen molar-refractivity contribution in [2.75, 3.05) is 0 Å². The highest BCUT2D eigenvalue weighted by Crippen LogP contribution is 2.59. The van der Waals surface area contributed by atoms with Crippen molar-refractivity contribution in [1.29, 1.82) is 0 Å². The topological polar surface area (TPSA) is 34.1 Å². The fourth-order valence-corrected chi connectivity index (χ4v) is 1.97. The molecule has 0 heterocycles. The van der Waals surface area contributed by atoms with Gasteiger partial charge < -0.3 is 9.59 Å². The van der Waals surface area contributed by atoms with Crippen molar-refractivity contribution >= 4 is 12.1 Å². The summed E-state index contributed by atoms with van der Waals surface area (Å²) in [4.78, 5) is 21.2. The standard InChI is InChI=1S/C10H16O2/c1-7(12)4-5-8-9(6-11)10(8,2)3/h6,8-9H,4-5H2,1-3H3. The average molecular weight is 168 g/mol. The number of hydrogen-bond acceptors (Lipinski definition) is 2. The maximum Gasteiger partial charge on any atom is 0.129 e. The lowest BCUT2D eigenvalue weighted by molar-refractivity contribution is -0.117. The van der Waals surface area contributed by atoms with Gasteiger partial charge >= 0.3 is 0 Å². The van der Waals surface area contributed by atoms with Gasteiger partial charge in [-0.25, -0.2) is 0 Å². The van der Waals surface area contributed by atoms with Crippen molar-refractivity contribution in [1.82, 2.24) is 0 Å².